The first kappa shape index (κ1) is 18.3. The van der Waals surface area contributed by atoms with E-state index < -0.39 is 18.2 Å². The third kappa shape index (κ3) is 3.70. The Labute approximate surface area is 142 Å². The summed E-state index contributed by atoms with van der Waals surface area (Å²) in [5.41, 5.74) is 1.66. The first-order valence-electron chi connectivity index (χ1n) is 8.30. The predicted octanol–water partition coefficient (Wildman–Crippen LogP) is 2.05. The quantitative estimate of drug-likeness (QED) is 0.742. The van der Waals surface area contributed by atoms with Crippen molar-refractivity contribution in [2.75, 3.05) is 11.5 Å². The molecule has 0 saturated heterocycles. The van der Waals surface area contributed by atoms with Gasteiger partial charge in [0.15, 0.2) is 0 Å². The number of esters is 1. The van der Waals surface area contributed by atoms with E-state index in [1.54, 1.807) is 18.7 Å². The van der Waals surface area contributed by atoms with Gasteiger partial charge in [-0.3, -0.25) is 4.79 Å². The highest BCUT2D eigenvalue weighted by Gasteiger charge is 2.40. The topological polar surface area (TPSA) is 87.1 Å². The van der Waals surface area contributed by atoms with E-state index in [0.717, 1.165) is 11.3 Å². The number of para-hydroxylation sites is 1. The Hall–Kier alpha value is -2.08. The van der Waals surface area contributed by atoms with Crippen molar-refractivity contribution in [1.29, 1.82) is 0 Å². The summed E-state index contributed by atoms with van der Waals surface area (Å²) >= 11 is 0. The molecule has 2 rings (SSSR count). The number of nitrogens with zero attached hydrogens (tertiary/aromatic N) is 1. The number of hydrogen-bond acceptors (Lipinski definition) is 5. The van der Waals surface area contributed by atoms with Gasteiger partial charge in [0.1, 0.15) is 12.3 Å². The van der Waals surface area contributed by atoms with Crippen LogP contribution in [0.25, 0.3) is 0 Å². The summed E-state index contributed by atoms with van der Waals surface area (Å²) in [7, 11) is 0. The van der Waals surface area contributed by atoms with E-state index >= 15 is 0 Å². The van der Waals surface area contributed by atoms with Crippen molar-refractivity contribution in [2.24, 2.45) is 11.8 Å². The van der Waals surface area contributed by atoms with Gasteiger partial charge < -0.3 is 19.8 Å². The van der Waals surface area contributed by atoms with Crippen LogP contribution in [0.15, 0.2) is 24.3 Å². The number of carbonyl (C=O) groups excluding carboxylic acids is 1. The lowest BCUT2D eigenvalue weighted by Gasteiger charge is -2.34. The summed E-state index contributed by atoms with van der Waals surface area (Å²) < 4.78 is 5.00. The van der Waals surface area contributed by atoms with E-state index in [4.69, 9.17) is 4.74 Å². The highest BCUT2D eigenvalue weighted by Crippen LogP contribution is 2.36. The number of carboxylic acids is 1. The van der Waals surface area contributed by atoms with Crippen LogP contribution in [0.5, 0.6) is 0 Å². The van der Waals surface area contributed by atoms with Crippen molar-refractivity contribution < 1.29 is 24.5 Å². The Kier molecular flexibility index (Phi) is 5.83. The van der Waals surface area contributed by atoms with Gasteiger partial charge in [0, 0.05) is 18.0 Å². The van der Waals surface area contributed by atoms with Crippen molar-refractivity contribution in [2.45, 2.75) is 45.9 Å². The van der Waals surface area contributed by atoms with Crippen LogP contribution in [-0.4, -0.2) is 41.0 Å². The van der Waals surface area contributed by atoms with Crippen molar-refractivity contribution in [3.8, 4) is 0 Å². The predicted molar refractivity (Wildman–Crippen MR) is 89.6 cm³/mol. The second-order valence-electron chi connectivity index (χ2n) is 6.37. The average Bonchev–Trinajstić information content (AvgIpc) is 2.93. The molecule has 4 unspecified atom stereocenters. The Morgan fingerprint density at radius 1 is 1.33 bits per heavy atom. The summed E-state index contributed by atoms with van der Waals surface area (Å²) in [6.45, 7) is 5.65. The van der Waals surface area contributed by atoms with Crippen LogP contribution in [0.3, 0.4) is 0 Å². The Morgan fingerprint density at radius 3 is 2.62 bits per heavy atom. The van der Waals surface area contributed by atoms with Gasteiger partial charge in [-0.2, -0.15) is 0 Å². The van der Waals surface area contributed by atoms with Crippen LogP contribution >= 0.6 is 0 Å². The van der Waals surface area contributed by atoms with Crippen LogP contribution in [0.1, 0.15) is 32.8 Å². The maximum absolute atomic E-state index is 11.8. The molecule has 0 bridgehead atoms. The molecule has 1 heterocycles. The fraction of sp³-hybridized carbons (Fsp3) is 0.556. The molecule has 0 aliphatic carbocycles. The van der Waals surface area contributed by atoms with Gasteiger partial charge >= 0.3 is 11.9 Å². The Bertz CT molecular complexity index is 603. The van der Waals surface area contributed by atoms with Gasteiger partial charge in [-0.15, -0.1) is 0 Å². The minimum atomic E-state index is -0.980. The second-order valence-corrected chi connectivity index (χ2v) is 6.37. The van der Waals surface area contributed by atoms with Gasteiger partial charge in [-0.25, -0.2) is 4.79 Å². The number of aliphatic hydroxyl groups is 1. The summed E-state index contributed by atoms with van der Waals surface area (Å²) in [6, 6.07) is 6.60. The van der Waals surface area contributed by atoms with E-state index in [1.807, 2.05) is 31.2 Å². The number of carboxylic acid groups (broad SMARTS) is 1. The fourth-order valence-corrected chi connectivity index (χ4v) is 3.28. The molecule has 2 N–H and O–H groups in total. The number of benzene rings is 1. The van der Waals surface area contributed by atoms with Gasteiger partial charge in [-0.1, -0.05) is 32.0 Å². The van der Waals surface area contributed by atoms with Crippen LogP contribution in [0.2, 0.25) is 0 Å². The number of anilines is 1. The minimum Gasteiger partial charge on any atom is -0.480 e. The maximum atomic E-state index is 11.8. The summed E-state index contributed by atoms with van der Waals surface area (Å²) in [6.07, 6.45) is -0.195. The SMILES string of the molecule is CCOC(=O)C(C)CC(C)C(O)N1c2ccccc2CC1C(=O)O. The molecule has 4 atom stereocenters. The smallest absolute Gasteiger partial charge is 0.326 e. The molecular formula is C18H25NO5. The van der Waals surface area contributed by atoms with E-state index in [9.17, 15) is 19.8 Å². The van der Waals surface area contributed by atoms with Gasteiger partial charge in [0.2, 0.25) is 0 Å². The lowest BCUT2D eigenvalue weighted by Crippen LogP contribution is -2.48. The third-order valence-corrected chi connectivity index (χ3v) is 4.51. The van der Waals surface area contributed by atoms with Crippen LogP contribution in [0, 0.1) is 11.8 Å². The Balaban J connectivity index is 2.15. The molecule has 1 aromatic rings. The molecule has 1 aromatic carbocycles. The largest absolute Gasteiger partial charge is 0.480 e. The van der Waals surface area contributed by atoms with Gasteiger partial charge in [-0.05, 0) is 25.0 Å². The summed E-state index contributed by atoms with van der Waals surface area (Å²) in [5, 5.41) is 20.3. The van der Waals surface area contributed by atoms with Crippen molar-refractivity contribution in [1.82, 2.24) is 0 Å². The number of aliphatic hydroxyl groups excluding tert-OH is 1. The maximum Gasteiger partial charge on any atom is 0.326 e. The molecule has 0 amide bonds. The zero-order valence-corrected chi connectivity index (χ0v) is 14.3. The van der Waals surface area contributed by atoms with Gasteiger partial charge in [0.25, 0.3) is 0 Å². The first-order valence-corrected chi connectivity index (χ1v) is 8.30. The number of carbonyl (C=O) groups is 2. The molecule has 1 aliphatic rings. The third-order valence-electron chi connectivity index (χ3n) is 4.51. The molecule has 0 radical (unpaired) electrons. The van der Waals surface area contributed by atoms with Crippen LogP contribution < -0.4 is 4.90 Å². The van der Waals surface area contributed by atoms with Crippen LogP contribution in [-0.2, 0) is 20.7 Å². The molecule has 0 fully saturated rings. The number of fused-ring (bicyclic) bond motifs is 1. The van der Waals surface area contributed by atoms with E-state index in [0.29, 0.717) is 19.4 Å². The fourth-order valence-electron chi connectivity index (χ4n) is 3.28. The van der Waals surface area contributed by atoms with E-state index in [-0.39, 0.29) is 17.8 Å². The number of aliphatic carboxylic acids is 1. The summed E-state index contributed by atoms with van der Waals surface area (Å²) in [5.74, 6) is -1.89. The van der Waals surface area contributed by atoms with E-state index in [1.165, 1.54) is 0 Å². The Morgan fingerprint density at radius 2 is 2.00 bits per heavy atom. The lowest BCUT2D eigenvalue weighted by atomic mass is 9.95. The van der Waals surface area contributed by atoms with Crippen molar-refractivity contribution in [3.63, 3.8) is 0 Å². The average molecular weight is 335 g/mol. The van der Waals surface area contributed by atoms with E-state index in [2.05, 4.69) is 0 Å². The minimum absolute atomic E-state index is 0.280. The molecule has 132 valence electrons. The summed E-state index contributed by atoms with van der Waals surface area (Å²) in [4.78, 5) is 24.9. The van der Waals surface area contributed by atoms with Gasteiger partial charge in [0.05, 0.1) is 12.5 Å². The number of hydrogen-bond donors (Lipinski definition) is 2. The lowest BCUT2D eigenvalue weighted by molar-refractivity contribution is -0.148. The molecule has 0 saturated carbocycles. The first-order chi connectivity index (χ1) is 11.4. The number of rotatable bonds is 7. The molecular weight excluding hydrogens is 310 g/mol. The normalized spacial score (nSPS) is 20.2. The highest BCUT2D eigenvalue weighted by molar-refractivity contribution is 5.82. The molecule has 6 heteroatoms. The number of ether oxygens (including phenoxy) is 1. The second kappa shape index (κ2) is 7.66. The zero-order chi connectivity index (χ0) is 17.9. The molecule has 24 heavy (non-hydrogen) atoms. The highest BCUT2D eigenvalue weighted by atomic mass is 16.5. The standard InChI is InChI=1S/C18H25NO5/c1-4-24-18(23)12(3)9-11(2)16(20)19-14-8-6-5-7-13(14)10-15(19)17(21)22/h5-8,11-12,15-16,20H,4,9-10H2,1-3H3,(H,21,22). The molecule has 1 aliphatic heterocycles. The molecule has 0 aromatic heterocycles. The zero-order valence-electron chi connectivity index (χ0n) is 14.3. The molecule has 0 spiro atoms. The van der Waals surface area contributed by atoms with Crippen LogP contribution in [0.4, 0.5) is 5.69 Å². The molecule has 6 nitrogen and oxygen atoms in total. The monoisotopic (exact) mass is 335 g/mol. The van der Waals surface area contributed by atoms with Crippen molar-refractivity contribution in [3.05, 3.63) is 29.8 Å². The van der Waals surface area contributed by atoms with Crippen molar-refractivity contribution >= 4 is 17.6 Å².